The van der Waals surface area contributed by atoms with Crippen molar-refractivity contribution >= 4 is 35.1 Å². The molecule has 13 nitrogen and oxygen atoms in total. The zero-order chi connectivity index (χ0) is 57.7. The number of halogens is 2. The summed E-state index contributed by atoms with van der Waals surface area (Å²) >= 11 is 0. The Balaban J connectivity index is 0.000000233. The third-order valence-electron chi connectivity index (χ3n) is 14.1. The van der Waals surface area contributed by atoms with E-state index in [-0.39, 0.29) is 72.1 Å². The number of carboxylic acid groups (broad SMARTS) is 1. The van der Waals surface area contributed by atoms with Gasteiger partial charge in [0.15, 0.2) is 0 Å². The number of hydrogen-bond donors (Lipinski definition) is 5. The molecule has 82 heavy (non-hydrogen) atoms. The van der Waals surface area contributed by atoms with Gasteiger partial charge in [-0.2, -0.15) is 0 Å². The number of amides is 2. The van der Waals surface area contributed by atoms with E-state index in [2.05, 4.69) is 15.2 Å². The molecule has 1 fully saturated rings. The van der Waals surface area contributed by atoms with Crippen LogP contribution < -0.4 is 15.7 Å². The van der Waals surface area contributed by atoms with Gasteiger partial charge >= 0.3 is 22.7 Å². The molecule has 9 rings (SSSR count). The fourth-order valence-electron chi connectivity index (χ4n) is 10.7. The van der Waals surface area contributed by atoms with Crippen molar-refractivity contribution in [1.29, 1.82) is 0 Å². The summed E-state index contributed by atoms with van der Waals surface area (Å²) < 4.78 is 37.7. The first kappa shape index (κ1) is 61.6. The maximum atomic E-state index is 14.1. The average molecular weight is 1160 g/mol. The van der Waals surface area contributed by atoms with Crippen molar-refractivity contribution in [1.82, 2.24) is 9.13 Å². The summed E-state index contributed by atoms with van der Waals surface area (Å²) in [6.45, 7) is 8.74. The summed E-state index contributed by atoms with van der Waals surface area (Å²) in [7, 11) is 0. The van der Waals surface area contributed by atoms with Crippen LogP contribution in [0, 0.1) is 11.6 Å². The quantitative estimate of drug-likeness (QED) is 0.0462. The SMILES string of the molecule is CC(C)c1c(C(=O)Nc2ccccc2)c(-c2ccccc2)c(-c2ccc(F)cc2)n1CC[C@@H](O)C[C@@H](O)CC(=O)[O-].CC(C)c1c(C(=O)Nc2ccccc2)c(-c2ccccc2)c(-c2ccc(F)cc2)n1CC[C@@H]1C[C@H](O)CC(=O)O1.[Co+2]. The van der Waals surface area contributed by atoms with Crippen molar-refractivity contribution in [3.05, 3.63) is 204 Å². The number of carboxylic acids is 1. The van der Waals surface area contributed by atoms with Crippen molar-refractivity contribution in [3.63, 3.8) is 0 Å². The number of para-hydroxylation sites is 2. The molecule has 1 radical (unpaired) electrons. The molecule has 0 spiro atoms. The van der Waals surface area contributed by atoms with Crippen LogP contribution in [-0.2, 0) is 44.2 Å². The van der Waals surface area contributed by atoms with Crippen LogP contribution in [0.25, 0.3) is 44.8 Å². The van der Waals surface area contributed by atoms with Crippen molar-refractivity contribution < 1.29 is 69.9 Å². The molecule has 6 aromatic carbocycles. The summed E-state index contributed by atoms with van der Waals surface area (Å²) in [5.41, 5.74) is 9.94. The Bertz CT molecular complexity index is 3410. The molecule has 4 atom stereocenters. The van der Waals surface area contributed by atoms with E-state index in [1.54, 1.807) is 36.4 Å². The van der Waals surface area contributed by atoms with Crippen molar-refractivity contribution in [2.24, 2.45) is 0 Å². The number of aromatic nitrogens is 2. The second kappa shape index (κ2) is 28.6. The van der Waals surface area contributed by atoms with E-state index < -0.39 is 48.6 Å². The van der Waals surface area contributed by atoms with Crippen LogP contribution in [0.4, 0.5) is 20.2 Å². The summed E-state index contributed by atoms with van der Waals surface area (Å²) in [4.78, 5) is 51.0. The fraction of sp³-hybridized carbons (Fsp3) is 0.273. The molecule has 0 unspecified atom stereocenters. The number of rotatable bonds is 20. The molecule has 5 N–H and O–H groups in total. The van der Waals surface area contributed by atoms with Crippen LogP contribution in [0.3, 0.4) is 0 Å². The molecular weight excluding hydrogens is 1090 g/mol. The molecule has 1 saturated heterocycles. The largest absolute Gasteiger partial charge is 2.00 e. The second-order valence-electron chi connectivity index (χ2n) is 20.9. The molecule has 8 aromatic rings. The first-order chi connectivity index (χ1) is 39.0. The number of benzene rings is 6. The van der Waals surface area contributed by atoms with Crippen LogP contribution in [0.2, 0.25) is 0 Å². The summed E-state index contributed by atoms with van der Waals surface area (Å²) in [5.74, 6) is -3.25. The molecule has 0 bridgehead atoms. The van der Waals surface area contributed by atoms with Crippen LogP contribution >= 0.6 is 0 Å². The Hall–Kier alpha value is -7.99. The molecule has 1 aliphatic rings. The van der Waals surface area contributed by atoms with E-state index in [9.17, 15) is 48.4 Å². The number of nitrogens with one attached hydrogen (secondary N) is 2. The molecule has 3 heterocycles. The number of ether oxygens (including phenoxy) is 1. The molecule has 2 aromatic heterocycles. The van der Waals surface area contributed by atoms with Gasteiger partial charge in [-0.3, -0.25) is 14.4 Å². The number of hydrogen-bond acceptors (Lipinski definition) is 9. The number of carbonyl (C=O) groups excluding carboxylic acids is 4. The first-order valence-electron chi connectivity index (χ1n) is 27.3. The Morgan fingerprint density at radius 2 is 1.00 bits per heavy atom. The molecular formula is C66H67CoF2N4O9+. The van der Waals surface area contributed by atoms with Gasteiger partial charge in [-0.15, -0.1) is 0 Å². The zero-order valence-electron chi connectivity index (χ0n) is 46.1. The molecule has 427 valence electrons. The van der Waals surface area contributed by atoms with Gasteiger partial charge in [0.2, 0.25) is 0 Å². The van der Waals surface area contributed by atoms with Crippen molar-refractivity contribution in [2.75, 3.05) is 10.6 Å². The second-order valence-corrected chi connectivity index (χ2v) is 20.9. The van der Waals surface area contributed by atoms with Crippen LogP contribution in [0.1, 0.15) is 110 Å². The predicted molar refractivity (Wildman–Crippen MR) is 308 cm³/mol. The standard InChI is InChI=1S/C33H35FN2O5.C33H33FN2O4.Co/c1-21(2)31-30(33(41)35-25-11-7-4-8-12-25)29(22-9-5-3-6-10-22)32(23-13-15-24(34)16-14-23)36(31)18-17-26(37)19-27(38)20-28(39)40;1-21(2)31-30(33(39)35-25-11-7-4-8-12-25)29(22-9-5-3-6-10-22)32(23-13-15-24(34)16-14-23)36(31)18-17-27-19-26(37)20-28(38)40-27;/h3-16,21,26-27,37-38H,17-20H2,1-2H3,(H,35,41)(H,39,40);3-16,21,26-27,37H,17-20H2,1-2H3,(H,35,39);/q;;+2/p-1/t26-,27-;26-,27+;/m10./s1. The maximum absolute atomic E-state index is 14.1. The van der Waals surface area contributed by atoms with E-state index >= 15 is 0 Å². The van der Waals surface area contributed by atoms with Crippen LogP contribution in [0.5, 0.6) is 0 Å². The number of aliphatic carboxylic acids is 1. The van der Waals surface area contributed by atoms with Gasteiger partial charge in [0, 0.05) is 72.2 Å². The summed E-state index contributed by atoms with van der Waals surface area (Å²) in [5, 5.41) is 47.8. The zero-order valence-corrected chi connectivity index (χ0v) is 47.1. The summed E-state index contributed by atoms with van der Waals surface area (Å²) in [6.07, 6.45) is -3.12. The smallest absolute Gasteiger partial charge is 0.550 e. The maximum Gasteiger partial charge on any atom is 2.00 e. The first-order valence-corrected chi connectivity index (χ1v) is 27.3. The van der Waals surface area contributed by atoms with Gasteiger partial charge in [-0.25, -0.2) is 8.78 Å². The Morgan fingerprint density at radius 3 is 1.39 bits per heavy atom. The summed E-state index contributed by atoms with van der Waals surface area (Å²) in [6, 6.07) is 50.0. The van der Waals surface area contributed by atoms with E-state index in [0.717, 1.165) is 39.3 Å². The van der Waals surface area contributed by atoms with Gasteiger partial charge in [0.25, 0.3) is 11.8 Å². The van der Waals surface area contributed by atoms with Gasteiger partial charge in [0.1, 0.15) is 17.7 Å². The Morgan fingerprint density at radius 1 is 0.598 bits per heavy atom. The number of anilines is 2. The van der Waals surface area contributed by atoms with Gasteiger partial charge < -0.3 is 49.7 Å². The van der Waals surface area contributed by atoms with Crippen LogP contribution in [-0.4, -0.2) is 72.6 Å². The van der Waals surface area contributed by atoms with E-state index in [1.165, 1.54) is 24.3 Å². The van der Waals surface area contributed by atoms with E-state index in [1.807, 2.05) is 141 Å². The monoisotopic (exact) mass is 1160 g/mol. The third kappa shape index (κ3) is 15.3. The molecule has 2 amide bonds. The Kier molecular flexibility index (Phi) is 21.5. The normalized spacial score (nSPS) is 14.7. The van der Waals surface area contributed by atoms with Gasteiger partial charge in [-0.1, -0.05) is 125 Å². The Labute approximate surface area is 486 Å². The third-order valence-corrected chi connectivity index (χ3v) is 14.1. The average Bonchev–Trinajstić information content (AvgIpc) is 3.77. The predicted octanol–water partition coefficient (Wildman–Crippen LogP) is 11.8. The van der Waals surface area contributed by atoms with Crippen molar-refractivity contribution in [3.8, 4) is 44.8 Å². The molecule has 0 saturated carbocycles. The fourth-order valence-corrected chi connectivity index (χ4v) is 10.7. The van der Waals surface area contributed by atoms with Crippen LogP contribution in [0.15, 0.2) is 170 Å². The van der Waals surface area contributed by atoms with E-state index in [0.29, 0.717) is 58.7 Å². The number of carbonyl (C=O) groups is 4. The molecule has 16 heteroatoms. The van der Waals surface area contributed by atoms with Crippen molar-refractivity contribution in [2.45, 2.75) is 116 Å². The number of aliphatic hydroxyl groups is 3. The number of esters is 1. The number of cyclic esters (lactones) is 1. The van der Waals surface area contributed by atoms with Gasteiger partial charge in [0.05, 0.1) is 47.2 Å². The molecule has 0 aliphatic carbocycles. The van der Waals surface area contributed by atoms with Gasteiger partial charge in [-0.05, 0) is 120 Å². The molecule has 1 aliphatic heterocycles. The number of nitrogens with zero attached hydrogens (tertiary/aromatic N) is 2. The van der Waals surface area contributed by atoms with E-state index in [4.69, 9.17) is 4.74 Å². The minimum atomic E-state index is -1.39. The minimum absolute atomic E-state index is 0. The topological polar surface area (TPSA) is 195 Å². The number of aliphatic hydroxyl groups excluding tert-OH is 3. The minimum Gasteiger partial charge on any atom is -0.550 e.